The van der Waals surface area contributed by atoms with Gasteiger partial charge in [0.15, 0.2) is 0 Å². The molecule has 0 aliphatic carbocycles. The molecule has 0 aliphatic heterocycles. The van der Waals surface area contributed by atoms with E-state index in [1.54, 1.807) is 0 Å². The van der Waals surface area contributed by atoms with Crippen molar-refractivity contribution in [1.29, 1.82) is 0 Å². The van der Waals surface area contributed by atoms with E-state index in [-0.39, 0.29) is 5.54 Å². The maximum Gasteiger partial charge on any atom is 0.0979 e. The van der Waals surface area contributed by atoms with E-state index in [1.165, 1.54) is 43.7 Å². The average molecular weight is 528 g/mol. The van der Waals surface area contributed by atoms with E-state index in [2.05, 4.69) is 141 Å². The Morgan fingerprint density at radius 3 is 1.80 bits per heavy atom. The maximum absolute atomic E-state index is 5.21. The zero-order chi connectivity index (χ0) is 27.7. The van der Waals surface area contributed by atoms with Crippen LogP contribution in [0, 0.1) is 0 Å². The number of fused-ring (bicyclic) bond motifs is 9. The summed E-state index contributed by atoms with van der Waals surface area (Å²) in [6.07, 6.45) is 1.92. The second-order valence-electron chi connectivity index (χ2n) is 11.9. The third kappa shape index (κ3) is 3.66. The quantitative estimate of drug-likeness (QED) is 0.209. The molecule has 0 fully saturated rings. The van der Waals surface area contributed by atoms with Gasteiger partial charge < -0.3 is 4.57 Å². The molecule has 0 saturated carbocycles. The first-order valence-electron chi connectivity index (χ1n) is 14.2. The summed E-state index contributed by atoms with van der Waals surface area (Å²) in [6, 6.07) is 41.3. The first-order valence-corrected chi connectivity index (χ1v) is 14.2. The van der Waals surface area contributed by atoms with Crippen LogP contribution in [-0.4, -0.2) is 14.5 Å². The van der Waals surface area contributed by atoms with E-state index in [1.807, 2.05) is 6.20 Å². The normalized spacial score (nSPS) is 12.3. The summed E-state index contributed by atoms with van der Waals surface area (Å²) >= 11 is 0. The molecule has 2 aromatic heterocycles. The first-order chi connectivity index (χ1) is 20.0. The highest BCUT2D eigenvalue weighted by molar-refractivity contribution is 6.23. The zero-order valence-electron chi connectivity index (χ0n) is 23.4. The van der Waals surface area contributed by atoms with Gasteiger partial charge in [-0.05, 0) is 66.9 Å². The third-order valence-corrected chi connectivity index (χ3v) is 8.26. The van der Waals surface area contributed by atoms with E-state index in [4.69, 9.17) is 9.97 Å². The minimum Gasteiger partial charge on any atom is -0.335 e. The van der Waals surface area contributed by atoms with Crippen molar-refractivity contribution in [2.24, 2.45) is 0 Å². The molecule has 6 aromatic carbocycles. The van der Waals surface area contributed by atoms with Gasteiger partial charge in [-0.1, -0.05) is 91.0 Å². The predicted octanol–water partition coefficient (Wildman–Crippen LogP) is 10.1. The predicted molar refractivity (Wildman–Crippen MR) is 173 cm³/mol. The highest BCUT2D eigenvalue weighted by Gasteiger charge is 2.20. The van der Waals surface area contributed by atoms with E-state index >= 15 is 0 Å². The second kappa shape index (κ2) is 8.74. The van der Waals surface area contributed by atoms with Crippen LogP contribution in [0.5, 0.6) is 0 Å². The molecule has 3 heteroatoms. The van der Waals surface area contributed by atoms with E-state index < -0.39 is 0 Å². The van der Waals surface area contributed by atoms with Crippen LogP contribution in [0.2, 0.25) is 0 Å². The summed E-state index contributed by atoms with van der Waals surface area (Å²) in [4.78, 5) is 10.2. The lowest BCUT2D eigenvalue weighted by atomic mass is 9.98. The van der Waals surface area contributed by atoms with Gasteiger partial charge in [0.25, 0.3) is 0 Å². The molecule has 3 nitrogen and oxygen atoms in total. The van der Waals surface area contributed by atoms with E-state index in [0.29, 0.717) is 0 Å². The van der Waals surface area contributed by atoms with Gasteiger partial charge in [-0.3, -0.25) is 4.98 Å². The summed E-state index contributed by atoms with van der Waals surface area (Å²) < 4.78 is 2.45. The number of hydrogen-bond donors (Lipinski definition) is 0. The van der Waals surface area contributed by atoms with Gasteiger partial charge >= 0.3 is 0 Å². The SMILES string of the molecule is CC(C)(C)n1c2ccccc2c2cc(-c3cccc(-c4cnc5c6ccccc6c6ccccc6c5n4)c3)ccc21. The molecule has 0 radical (unpaired) electrons. The van der Waals surface area contributed by atoms with Crippen molar-refractivity contribution >= 4 is 54.4 Å². The molecular formula is C38H29N3. The first kappa shape index (κ1) is 23.8. The Balaban J connectivity index is 1.30. The van der Waals surface area contributed by atoms with Crippen LogP contribution in [-0.2, 0) is 5.54 Å². The van der Waals surface area contributed by atoms with E-state index in [9.17, 15) is 0 Å². The number of aromatic nitrogens is 3. The molecule has 0 N–H and O–H groups in total. The molecule has 2 heterocycles. The van der Waals surface area contributed by atoms with Gasteiger partial charge in [-0.15, -0.1) is 0 Å². The van der Waals surface area contributed by atoms with Crippen LogP contribution >= 0.6 is 0 Å². The van der Waals surface area contributed by atoms with Crippen molar-refractivity contribution < 1.29 is 0 Å². The Kier molecular flexibility index (Phi) is 5.08. The van der Waals surface area contributed by atoms with Gasteiger partial charge in [0.05, 0.1) is 22.9 Å². The van der Waals surface area contributed by atoms with Gasteiger partial charge in [-0.25, -0.2) is 4.98 Å². The molecule has 41 heavy (non-hydrogen) atoms. The molecule has 8 rings (SSSR count). The number of rotatable bonds is 2. The summed E-state index contributed by atoms with van der Waals surface area (Å²) in [6.45, 7) is 6.81. The number of benzene rings is 6. The summed E-state index contributed by atoms with van der Waals surface area (Å²) in [5.41, 5.74) is 8.71. The topological polar surface area (TPSA) is 30.7 Å². The monoisotopic (exact) mass is 527 g/mol. The number of nitrogens with zero attached hydrogens (tertiary/aromatic N) is 3. The lowest BCUT2D eigenvalue weighted by molar-refractivity contribution is 0.423. The van der Waals surface area contributed by atoms with Crippen molar-refractivity contribution in [1.82, 2.24) is 14.5 Å². The lowest BCUT2D eigenvalue weighted by Crippen LogP contribution is -2.21. The van der Waals surface area contributed by atoms with Crippen LogP contribution < -0.4 is 0 Å². The molecule has 0 bridgehead atoms. The highest BCUT2D eigenvalue weighted by Crippen LogP contribution is 2.38. The van der Waals surface area contributed by atoms with Crippen LogP contribution in [0.4, 0.5) is 0 Å². The second-order valence-corrected chi connectivity index (χ2v) is 11.9. The Morgan fingerprint density at radius 2 is 1.07 bits per heavy atom. The van der Waals surface area contributed by atoms with Gasteiger partial charge in [-0.2, -0.15) is 0 Å². The average Bonchev–Trinajstić information content (AvgIpc) is 3.35. The van der Waals surface area contributed by atoms with Gasteiger partial charge in [0.2, 0.25) is 0 Å². The largest absolute Gasteiger partial charge is 0.335 e. The Hall–Kier alpha value is -5.02. The number of para-hydroxylation sites is 1. The van der Waals surface area contributed by atoms with Crippen molar-refractivity contribution in [2.45, 2.75) is 26.3 Å². The minimum atomic E-state index is -0.0208. The highest BCUT2D eigenvalue weighted by atomic mass is 15.0. The lowest BCUT2D eigenvalue weighted by Gasteiger charge is -2.24. The fourth-order valence-electron chi connectivity index (χ4n) is 6.50. The standard InChI is InChI=1S/C38H29N3/c1-38(2,3)41-34-18-9-8-15-29(34)32-22-25(19-20-35(32)41)24-11-10-12-26(21-24)33-23-39-36-30-16-6-4-13-27(30)28-14-5-7-17-31(28)37(36)40-33/h4-23H,1-3H3. The molecule has 196 valence electrons. The van der Waals surface area contributed by atoms with Crippen molar-refractivity contribution in [2.75, 3.05) is 0 Å². The Labute approximate surface area is 238 Å². The fourth-order valence-corrected chi connectivity index (χ4v) is 6.50. The molecule has 0 amide bonds. The molecule has 0 spiro atoms. The molecule has 0 atom stereocenters. The Morgan fingerprint density at radius 1 is 0.488 bits per heavy atom. The smallest absolute Gasteiger partial charge is 0.0979 e. The summed E-state index contributed by atoms with van der Waals surface area (Å²) in [5, 5.41) is 7.25. The van der Waals surface area contributed by atoms with Crippen molar-refractivity contribution in [3.8, 4) is 22.4 Å². The number of hydrogen-bond acceptors (Lipinski definition) is 2. The van der Waals surface area contributed by atoms with E-state index in [0.717, 1.165) is 33.1 Å². The van der Waals surface area contributed by atoms with Crippen LogP contribution in [0.1, 0.15) is 20.8 Å². The zero-order valence-corrected chi connectivity index (χ0v) is 23.4. The minimum absolute atomic E-state index is 0.0208. The van der Waals surface area contributed by atoms with Crippen LogP contribution in [0.15, 0.2) is 121 Å². The molecule has 0 saturated heterocycles. The molecular weight excluding hydrogens is 498 g/mol. The third-order valence-electron chi connectivity index (χ3n) is 8.26. The molecule has 0 unspecified atom stereocenters. The van der Waals surface area contributed by atoms with Crippen molar-refractivity contribution in [3.63, 3.8) is 0 Å². The van der Waals surface area contributed by atoms with Crippen LogP contribution in [0.25, 0.3) is 76.8 Å². The fraction of sp³-hybridized carbons (Fsp3) is 0.105. The van der Waals surface area contributed by atoms with Crippen molar-refractivity contribution in [3.05, 3.63) is 121 Å². The summed E-state index contributed by atoms with van der Waals surface area (Å²) in [7, 11) is 0. The molecule has 8 aromatic rings. The summed E-state index contributed by atoms with van der Waals surface area (Å²) in [5.74, 6) is 0. The van der Waals surface area contributed by atoms with Crippen LogP contribution in [0.3, 0.4) is 0 Å². The Bertz CT molecular complexity index is 2270. The molecule has 0 aliphatic rings. The van der Waals surface area contributed by atoms with Gasteiger partial charge in [0.1, 0.15) is 0 Å². The van der Waals surface area contributed by atoms with Gasteiger partial charge in [0, 0.05) is 43.7 Å². The maximum atomic E-state index is 5.21.